The summed E-state index contributed by atoms with van der Waals surface area (Å²) in [5, 5.41) is 2.80. The smallest absolute Gasteiger partial charge is 0.257 e. The topological polar surface area (TPSA) is 32.3 Å². The second-order valence-electron chi connectivity index (χ2n) is 5.78. The summed E-state index contributed by atoms with van der Waals surface area (Å²) in [4.78, 5) is 15.0. The lowest BCUT2D eigenvalue weighted by atomic mass is 10.2. The van der Waals surface area contributed by atoms with Gasteiger partial charge in [0.25, 0.3) is 5.91 Å². The van der Waals surface area contributed by atoms with E-state index in [2.05, 4.69) is 5.32 Å². The molecule has 132 valence electrons. The van der Waals surface area contributed by atoms with Gasteiger partial charge in [-0.2, -0.15) is 0 Å². The molecule has 0 bridgehead atoms. The Kier molecular flexibility index (Phi) is 5.49. The van der Waals surface area contributed by atoms with E-state index in [0.29, 0.717) is 13.1 Å². The van der Waals surface area contributed by atoms with Crippen LogP contribution in [0.15, 0.2) is 35.2 Å². The lowest BCUT2D eigenvalue weighted by Gasteiger charge is -2.20. The highest BCUT2D eigenvalue weighted by atomic mass is 35.5. The van der Waals surface area contributed by atoms with Crippen molar-refractivity contribution in [2.45, 2.75) is 17.7 Å². The van der Waals surface area contributed by atoms with Gasteiger partial charge in [-0.15, -0.1) is 11.8 Å². The third-order valence-electron chi connectivity index (χ3n) is 4.12. The number of benzene rings is 2. The largest absolute Gasteiger partial charge is 0.367 e. The van der Waals surface area contributed by atoms with Crippen LogP contribution in [0.1, 0.15) is 23.2 Å². The maximum absolute atomic E-state index is 14.4. The summed E-state index contributed by atoms with van der Waals surface area (Å²) in [5.74, 6) is -1.86. The van der Waals surface area contributed by atoms with E-state index < -0.39 is 17.5 Å². The van der Waals surface area contributed by atoms with Crippen LogP contribution in [-0.4, -0.2) is 25.3 Å². The highest BCUT2D eigenvalue weighted by Gasteiger charge is 2.22. The van der Waals surface area contributed by atoms with Gasteiger partial charge < -0.3 is 10.2 Å². The minimum atomic E-state index is -0.679. The van der Waals surface area contributed by atoms with E-state index in [9.17, 15) is 13.6 Å². The predicted octanol–water partition coefficient (Wildman–Crippen LogP) is 5.19. The molecule has 25 heavy (non-hydrogen) atoms. The Balaban J connectivity index is 1.84. The fourth-order valence-electron chi connectivity index (χ4n) is 2.88. The van der Waals surface area contributed by atoms with Crippen molar-refractivity contribution in [1.82, 2.24) is 0 Å². The summed E-state index contributed by atoms with van der Waals surface area (Å²) >= 11 is 7.54. The number of hydrogen-bond acceptors (Lipinski definition) is 3. The van der Waals surface area contributed by atoms with Crippen molar-refractivity contribution in [3.8, 4) is 0 Å². The van der Waals surface area contributed by atoms with E-state index >= 15 is 0 Å². The number of hydrogen-bond donors (Lipinski definition) is 1. The normalized spacial score (nSPS) is 14.0. The Morgan fingerprint density at radius 3 is 2.40 bits per heavy atom. The second-order valence-corrected chi connectivity index (χ2v) is 7.07. The summed E-state index contributed by atoms with van der Waals surface area (Å²) in [6.07, 6.45) is 3.72. The zero-order valence-electron chi connectivity index (χ0n) is 13.6. The van der Waals surface area contributed by atoms with E-state index in [1.807, 2.05) is 6.26 Å². The van der Waals surface area contributed by atoms with Gasteiger partial charge in [-0.05, 0) is 49.4 Å². The molecule has 0 spiro atoms. The first-order chi connectivity index (χ1) is 12.0. The Morgan fingerprint density at radius 1 is 1.16 bits per heavy atom. The van der Waals surface area contributed by atoms with Crippen LogP contribution < -0.4 is 10.2 Å². The second kappa shape index (κ2) is 7.62. The quantitative estimate of drug-likeness (QED) is 0.738. The first kappa shape index (κ1) is 18.0. The lowest BCUT2D eigenvalue weighted by molar-refractivity contribution is 0.102. The molecule has 3 rings (SSSR count). The molecule has 1 aliphatic heterocycles. The van der Waals surface area contributed by atoms with Crippen molar-refractivity contribution in [3.05, 3.63) is 52.6 Å². The zero-order chi connectivity index (χ0) is 18.0. The lowest BCUT2D eigenvalue weighted by Crippen LogP contribution is -2.21. The summed E-state index contributed by atoms with van der Waals surface area (Å²) in [6, 6.07) is 7.35. The van der Waals surface area contributed by atoms with E-state index in [4.69, 9.17) is 11.6 Å². The van der Waals surface area contributed by atoms with Gasteiger partial charge in [0, 0.05) is 23.7 Å². The molecule has 0 saturated carbocycles. The van der Waals surface area contributed by atoms with Crippen molar-refractivity contribution in [2.24, 2.45) is 0 Å². The molecule has 3 nitrogen and oxygen atoms in total. The van der Waals surface area contributed by atoms with Crippen LogP contribution >= 0.6 is 23.4 Å². The number of nitrogens with zero attached hydrogens (tertiary/aromatic N) is 1. The van der Waals surface area contributed by atoms with Crippen molar-refractivity contribution >= 4 is 40.6 Å². The van der Waals surface area contributed by atoms with Crippen molar-refractivity contribution in [3.63, 3.8) is 0 Å². The van der Waals surface area contributed by atoms with E-state index in [-0.39, 0.29) is 22.0 Å². The summed E-state index contributed by atoms with van der Waals surface area (Å²) in [5.41, 5.74) is 0.296. The van der Waals surface area contributed by atoms with Crippen molar-refractivity contribution in [2.75, 3.05) is 29.6 Å². The molecule has 0 aliphatic carbocycles. The standard InChI is InChI=1S/C18H17ClF2N2OS/c1-25-12-4-5-14(19)13(10-12)18(24)22-11-8-15(20)17(16(21)9-11)23-6-2-3-7-23/h4-5,8-10H,2-3,6-7H2,1H3,(H,22,24). The molecule has 2 aromatic rings. The van der Waals surface area contributed by atoms with Crippen LogP contribution in [0.4, 0.5) is 20.2 Å². The number of nitrogens with one attached hydrogen (secondary N) is 1. The Hall–Kier alpha value is -1.79. The van der Waals surface area contributed by atoms with Gasteiger partial charge in [-0.25, -0.2) is 8.78 Å². The number of carbonyl (C=O) groups excluding carboxylic acids is 1. The van der Waals surface area contributed by atoms with E-state index in [1.54, 1.807) is 23.1 Å². The fourth-order valence-corrected chi connectivity index (χ4v) is 3.53. The molecule has 0 unspecified atom stereocenters. The van der Waals surface area contributed by atoms with Crippen molar-refractivity contribution in [1.29, 1.82) is 0 Å². The van der Waals surface area contributed by atoms with Gasteiger partial charge in [0.15, 0.2) is 11.6 Å². The predicted molar refractivity (Wildman–Crippen MR) is 99.0 cm³/mol. The molecule has 7 heteroatoms. The number of thioether (sulfide) groups is 1. The molecule has 0 radical (unpaired) electrons. The van der Waals surface area contributed by atoms with Crippen LogP contribution in [0.5, 0.6) is 0 Å². The van der Waals surface area contributed by atoms with Gasteiger partial charge in [0.1, 0.15) is 5.69 Å². The monoisotopic (exact) mass is 382 g/mol. The first-order valence-electron chi connectivity index (χ1n) is 7.88. The summed E-state index contributed by atoms with van der Waals surface area (Å²) in [7, 11) is 0. The number of anilines is 2. The third-order valence-corrected chi connectivity index (χ3v) is 5.17. The van der Waals surface area contributed by atoms with Gasteiger partial charge in [0.05, 0.1) is 10.6 Å². The highest BCUT2D eigenvalue weighted by molar-refractivity contribution is 7.98. The van der Waals surface area contributed by atoms with Crippen LogP contribution in [0, 0.1) is 11.6 Å². The summed E-state index contributed by atoms with van der Waals surface area (Å²) < 4.78 is 28.7. The van der Waals surface area contributed by atoms with Crippen LogP contribution in [-0.2, 0) is 0 Å². The molecular weight excluding hydrogens is 366 g/mol. The van der Waals surface area contributed by atoms with Gasteiger partial charge in [-0.1, -0.05) is 11.6 Å². The van der Waals surface area contributed by atoms with Crippen LogP contribution in [0.2, 0.25) is 5.02 Å². The average molecular weight is 383 g/mol. The minimum Gasteiger partial charge on any atom is -0.367 e. The SMILES string of the molecule is CSc1ccc(Cl)c(C(=O)Nc2cc(F)c(N3CCCC3)c(F)c2)c1. The molecule has 1 heterocycles. The van der Waals surface area contributed by atoms with Gasteiger partial charge in [0.2, 0.25) is 0 Å². The minimum absolute atomic E-state index is 0.0297. The van der Waals surface area contributed by atoms with E-state index in [1.165, 1.54) is 11.8 Å². The van der Waals surface area contributed by atoms with Gasteiger partial charge in [-0.3, -0.25) is 4.79 Å². The van der Waals surface area contributed by atoms with Crippen LogP contribution in [0.3, 0.4) is 0 Å². The number of carbonyl (C=O) groups is 1. The number of rotatable bonds is 4. The Bertz CT molecular complexity index is 787. The van der Waals surface area contributed by atoms with Crippen LogP contribution in [0.25, 0.3) is 0 Å². The zero-order valence-corrected chi connectivity index (χ0v) is 15.2. The molecule has 1 fully saturated rings. The molecule has 1 saturated heterocycles. The molecular formula is C18H17ClF2N2OS. The molecule has 1 amide bonds. The maximum Gasteiger partial charge on any atom is 0.257 e. The average Bonchev–Trinajstić information content (AvgIpc) is 3.08. The molecule has 0 aromatic heterocycles. The third kappa shape index (κ3) is 3.90. The molecule has 2 aromatic carbocycles. The highest BCUT2D eigenvalue weighted by Crippen LogP contribution is 2.30. The molecule has 0 atom stereocenters. The molecule has 1 N–H and O–H groups in total. The number of amides is 1. The fraction of sp³-hybridized carbons (Fsp3) is 0.278. The number of halogens is 3. The summed E-state index contributed by atoms with van der Waals surface area (Å²) in [6.45, 7) is 1.27. The first-order valence-corrected chi connectivity index (χ1v) is 9.48. The Morgan fingerprint density at radius 2 is 1.80 bits per heavy atom. The molecule has 1 aliphatic rings. The van der Waals surface area contributed by atoms with Gasteiger partial charge >= 0.3 is 0 Å². The van der Waals surface area contributed by atoms with E-state index in [0.717, 1.165) is 29.9 Å². The maximum atomic E-state index is 14.4. The Labute approximate surface area is 154 Å². The van der Waals surface area contributed by atoms with Crippen molar-refractivity contribution < 1.29 is 13.6 Å².